The van der Waals surface area contributed by atoms with Gasteiger partial charge in [0.1, 0.15) is 6.04 Å². The number of rotatable bonds is 4. The van der Waals surface area contributed by atoms with E-state index < -0.39 is 0 Å². The lowest BCUT2D eigenvalue weighted by Crippen LogP contribution is -2.54. The standard InChI is InChI=1S/C18H33N3O3/c1-14-11-20(12-15(2)24-14)7-3-16-4-8-21(9-5-16)18(22)17-13-23-10-6-19-17/h14-17,19H,3-13H2,1-2H3. The summed E-state index contributed by atoms with van der Waals surface area (Å²) in [4.78, 5) is 17.1. The highest BCUT2D eigenvalue weighted by molar-refractivity contribution is 5.82. The van der Waals surface area contributed by atoms with E-state index in [1.807, 2.05) is 4.90 Å². The average Bonchev–Trinajstić information content (AvgIpc) is 2.60. The molecule has 3 unspecified atom stereocenters. The van der Waals surface area contributed by atoms with Gasteiger partial charge in [-0.25, -0.2) is 0 Å². The topological polar surface area (TPSA) is 54.0 Å². The summed E-state index contributed by atoms with van der Waals surface area (Å²) >= 11 is 0. The zero-order chi connectivity index (χ0) is 16.9. The Morgan fingerprint density at radius 1 is 1.17 bits per heavy atom. The van der Waals surface area contributed by atoms with E-state index >= 15 is 0 Å². The quantitative estimate of drug-likeness (QED) is 0.818. The summed E-state index contributed by atoms with van der Waals surface area (Å²) in [6.45, 7) is 11.4. The molecule has 3 saturated heterocycles. The van der Waals surface area contributed by atoms with Gasteiger partial charge in [-0.1, -0.05) is 0 Å². The Morgan fingerprint density at radius 3 is 2.50 bits per heavy atom. The summed E-state index contributed by atoms with van der Waals surface area (Å²) in [5.41, 5.74) is 0. The van der Waals surface area contributed by atoms with Crippen molar-refractivity contribution in [1.82, 2.24) is 15.1 Å². The van der Waals surface area contributed by atoms with E-state index in [0.717, 1.165) is 58.0 Å². The molecule has 6 nitrogen and oxygen atoms in total. The predicted octanol–water partition coefficient (Wildman–Crippen LogP) is 0.713. The molecule has 6 heteroatoms. The van der Waals surface area contributed by atoms with Crippen LogP contribution in [0.5, 0.6) is 0 Å². The predicted molar refractivity (Wildman–Crippen MR) is 93.0 cm³/mol. The van der Waals surface area contributed by atoms with Crippen molar-refractivity contribution in [1.29, 1.82) is 0 Å². The van der Waals surface area contributed by atoms with Crippen LogP contribution in [0.3, 0.4) is 0 Å². The molecular formula is C18H33N3O3. The van der Waals surface area contributed by atoms with Crippen LogP contribution in [0.15, 0.2) is 0 Å². The van der Waals surface area contributed by atoms with Gasteiger partial charge in [-0.3, -0.25) is 9.69 Å². The summed E-state index contributed by atoms with van der Waals surface area (Å²) in [7, 11) is 0. The first-order valence-electron chi connectivity index (χ1n) is 9.59. The lowest BCUT2D eigenvalue weighted by molar-refractivity contribution is -0.137. The van der Waals surface area contributed by atoms with E-state index in [9.17, 15) is 4.79 Å². The van der Waals surface area contributed by atoms with Crippen LogP contribution < -0.4 is 5.32 Å². The second kappa shape index (κ2) is 8.61. The molecule has 0 aliphatic carbocycles. The lowest BCUT2D eigenvalue weighted by Gasteiger charge is -2.38. The summed E-state index contributed by atoms with van der Waals surface area (Å²) < 4.78 is 11.2. The number of carbonyl (C=O) groups is 1. The van der Waals surface area contributed by atoms with Crippen molar-refractivity contribution >= 4 is 5.91 Å². The van der Waals surface area contributed by atoms with Crippen LogP contribution in [0.2, 0.25) is 0 Å². The Kier molecular flexibility index (Phi) is 6.49. The maximum absolute atomic E-state index is 12.5. The van der Waals surface area contributed by atoms with Crippen LogP contribution in [0, 0.1) is 5.92 Å². The third-order valence-corrected chi connectivity index (χ3v) is 5.49. The SMILES string of the molecule is CC1CN(CCC2CCN(C(=O)C3COCCN3)CC2)CC(C)O1. The van der Waals surface area contributed by atoms with Crippen LogP contribution in [0.1, 0.15) is 33.1 Å². The lowest BCUT2D eigenvalue weighted by atomic mass is 9.92. The van der Waals surface area contributed by atoms with Crippen molar-refractivity contribution in [3.05, 3.63) is 0 Å². The second-order valence-electron chi connectivity index (χ2n) is 7.66. The summed E-state index contributed by atoms with van der Waals surface area (Å²) in [6, 6.07) is -0.133. The van der Waals surface area contributed by atoms with Crippen molar-refractivity contribution < 1.29 is 14.3 Å². The van der Waals surface area contributed by atoms with Gasteiger partial charge < -0.3 is 19.7 Å². The van der Waals surface area contributed by atoms with E-state index in [1.165, 1.54) is 6.42 Å². The van der Waals surface area contributed by atoms with Crippen LogP contribution in [-0.4, -0.2) is 86.4 Å². The third-order valence-electron chi connectivity index (χ3n) is 5.49. The molecule has 0 aromatic carbocycles. The Bertz CT molecular complexity index is 396. The fourth-order valence-corrected chi connectivity index (χ4v) is 4.22. The number of likely N-dealkylation sites (tertiary alicyclic amines) is 1. The normalized spacial score (nSPS) is 33.6. The molecular weight excluding hydrogens is 306 g/mol. The maximum atomic E-state index is 12.5. The number of ether oxygens (including phenoxy) is 2. The Hall–Kier alpha value is -0.690. The number of morpholine rings is 2. The van der Waals surface area contributed by atoms with Gasteiger partial charge in [0.05, 0.1) is 25.4 Å². The first-order valence-corrected chi connectivity index (χ1v) is 9.59. The molecule has 0 aromatic heterocycles. The average molecular weight is 339 g/mol. The summed E-state index contributed by atoms with van der Waals surface area (Å²) in [5, 5.41) is 3.27. The smallest absolute Gasteiger partial charge is 0.242 e. The molecule has 0 aromatic rings. The Balaban J connectivity index is 1.36. The number of amides is 1. The van der Waals surface area contributed by atoms with Crippen LogP contribution in [0.25, 0.3) is 0 Å². The molecule has 3 fully saturated rings. The summed E-state index contributed by atoms with van der Waals surface area (Å²) in [5.74, 6) is 0.974. The molecule has 0 bridgehead atoms. The molecule has 1 amide bonds. The molecule has 3 aliphatic rings. The number of carbonyl (C=O) groups excluding carboxylic acids is 1. The number of nitrogens with one attached hydrogen (secondary N) is 1. The molecule has 3 rings (SSSR count). The Morgan fingerprint density at radius 2 is 1.88 bits per heavy atom. The highest BCUT2D eigenvalue weighted by Gasteiger charge is 2.30. The summed E-state index contributed by atoms with van der Waals surface area (Å²) in [6.07, 6.45) is 4.20. The fraction of sp³-hybridized carbons (Fsp3) is 0.944. The van der Waals surface area contributed by atoms with E-state index in [1.54, 1.807) is 0 Å². The molecule has 0 saturated carbocycles. The van der Waals surface area contributed by atoms with Gasteiger partial charge in [0, 0.05) is 32.7 Å². The van der Waals surface area contributed by atoms with Gasteiger partial charge in [-0.2, -0.15) is 0 Å². The zero-order valence-electron chi connectivity index (χ0n) is 15.2. The fourth-order valence-electron chi connectivity index (χ4n) is 4.22. The van der Waals surface area contributed by atoms with E-state index in [4.69, 9.17) is 9.47 Å². The second-order valence-corrected chi connectivity index (χ2v) is 7.66. The maximum Gasteiger partial charge on any atom is 0.242 e. The molecule has 0 radical (unpaired) electrons. The first-order chi connectivity index (χ1) is 11.6. The number of hydrogen-bond donors (Lipinski definition) is 1. The van der Waals surface area contributed by atoms with Crippen molar-refractivity contribution in [3.63, 3.8) is 0 Å². The van der Waals surface area contributed by atoms with Crippen molar-refractivity contribution in [2.24, 2.45) is 5.92 Å². The number of hydrogen-bond acceptors (Lipinski definition) is 5. The minimum Gasteiger partial charge on any atom is -0.378 e. The largest absolute Gasteiger partial charge is 0.378 e. The monoisotopic (exact) mass is 339 g/mol. The van der Waals surface area contributed by atoms with Gasteiger partial charge in [0.25, 0.3) is 0 Å². The van der Waals surface area contributed by atoms with Gasteiger partial charge in [0.15, 0.2) is 0 Å². The molecule has 1 N–H and O–H groups in total. The highest BCUT2D eigenvalue weighted by Crippen LogP contribution is 2.22. The van der Waals surface area contributed by atoms with E-state index in [-0.39, 0.29) is 11.9 Å². The highest BCUT2D eigenvalue weighted by atomic mass is 16.5. The van der Waals surface area contributed by atoms with Gasteiger partial charge in [0.2, 0.25) is 5.91 Å². The van der Waals surface area contributed by atoms with Gasteiger partial charge in [-0.05, 0) is 45.6 Å². The Labute approximate surface area is 145 Å². The number of nitrogens with zero attached hydrogens (tertiary/aromatic N) is 2. The van der Waals surface area contributed by atoms with Crippen molar-refractivity contribution in [2.75, 3.05) is 52.5 Å². The van der Waals surface area contributed by atoms with Crippen LogP contribution >= 0.6 is 0 Å². The van der Waals surface area contributed by atoms with Crippen LogP contribution in [0.4, 0.5) is 0 Å². The number of piperidine rings is 1. The molecule has 24 heavy (non-hydrogen) atoms. The molecule has 3 heterocycles. The van der Waals surface area contributed by atoms with E-state index in [2.05, 4.69) is 24.1 Å². The first kappa shape index (κ1) is 18.1. The molecule has 3 atom stereocenters. The van der Waals surface area contributed by atoms with E-state index in [0.29, 0.717) is 25.4 Å². The van der Waals surface area contributed by atoms with Crippen molar-refractivity contribution in [2.45, 2.75) is 51.4 Å². The van der Waals surface area contributed by atoms with Gasteiger partial charge in [-0.15, -0.1) is 0 Å². The molecule has 138 valence electrons. The third kappa shape index (κ3) is 4.91. The van der Waals surface area contributed by atoms with Crippen LogP contribution in [-0.2, 0) is 14.3 Å². The van der Waals surface area contributed by atoms with Gasteiger partial charge >= 0.3 is 0 Å². The zero-order valence-corrected chi connectivity index (χ0v) is 15.2. The molecule has 3 aliphatic heterocycles. The van der Waals surface area contributed by atoms with Crippen molar-refractivity contribution in [3.8, 4) is 0 Å². The minimum atomic E-state index is -0.133. The minimum absolute atomic E-state index is 0.133. The molecule has 0 spiro atoms.